The van der Waals surface area contributed by atoms with Crippen molar-refractivity contribution in [3.63, 3.8) is 0 Å². The molecule has 0 amide bonds. The second-order valence-corrected chi connectivity index (χ2v) is 8.10. The van der Waals surface area contributed by atoms with Crippen LogP contribution in [-0.2, 0) is 4.84 Å². The summed E-state index contributed by atoms with van der Waals surface area (Å²) in [4.78, 5) is 12.1. The molecule has 3 aromatic rings. The van der Waals surface area contributed by atoms with Crippen LogP contribution in [0.5, 0.6) is 5.75 Å². The van der Waals surface area contributed by atoms with Gasteiger partial charge >= 0.3 is 0 Å². The number of nitrogens with zero attached hydrogens (tertiary/aromatic N) is 4. The molecule has 0 radical (unpaired) electrons. The average molecular weight is 432 g/mol. The van der Waals surface area contributed by atoms with E-state index in [2.05, 4.69) is 27.2 Å². The molecule has 0 saturated carbocycles. The monoisotopic (exact) mass is 432 g/mol. The molecule has 164 valence electrons. The molecule has 0 unspecified atom stereocenters. The van der Waals surface area contributed by atoms with Crippen molar-refractivity contribution in [2.24, 2.45) is 5.16 Å². The van der Waals surface area contributed by atoms with Crippen LogP contribution in [0.1, 0.15) is 35.7 Å². The van der Waals surface area contributed by atoms with Gasteiger partial charge in [0.15, 0.2) is 5.84 Å². The molecule has 32 heavy (non-hydrogen) atoms. The summed E-state index contributed by atoms with van der Waals surface area (Å²) in [6, 6.07) is 12.8. The second-order valence-electron chi connectivity index (χ2n) is 8.10. The number of methoxy groups -OCH3 is 1. The molecule has 1 fully saturated rings. The van der Waals surface area contributed by atoms with Crippen molar-refractivity contribution in [3.05, 3.63) is 83.2 Å². The predicted molar refractivity (Wildman–Crippen MR) is 121 cm³/mol. The van der Waals surface area contributed by atoms with Gasteiger partial charge in [-0.15, -0.1) is 0 Å². The third-order valence-corrected chi connectivity index (χ3v) is 5.93. The SMILES string of the molecule is COc1cc(/C=C2\CCCN3C2=NOC[C@@H]3c2cccc(F)c2)ccc1-n1cnc(C)c1. The minimum Gasteiger partial charge on any atom is -0.495 e. The number of oxime groups is 1. The first-order chi connectivity index (χ1) is 15.6. The zero-order chi connectivity index (χ0) is 22.1. The highest BCUT2D eigenvalue weighted by Crippen LogP contribution is 2.34. The van der Waals surface area contributed by atoms with Crippen LogP contribution in [0, 0.1) is 12.7 Å². The molecular weight excluding hydrogens is 407 g/mol. The molecule has 1 saturated heterocycles. The van der Waals surface area contributed by atoms with Crippen LogP contribution in [0.2, 0.25) is 0 Å². The molecule has 0 spiro atoms. The van der Waals surface area contributed by atoms with Gasteiger partial charge < -0.3 is 19.0 Å². The lowest BCUT2D eigenvalue weighted by Crippen LogP contribution is -2.44. The average Bonchev–Trinajstić information content (AvgIpc) is 3.25. The standard InChI is InChI=1S/C25H25FN4O2/c1-17-14-29(16-27-17)22-9-8-18(12-24(22)31-2)11-20-6-4-10-30-23(15-32-28-25(20)30)19-5-3-7-21(26)13-19/h3,5,7-9,11-14,16,23H,4,6,10,15H2,1-2H3/b20-11+/t23-/m1/s1. The maximum Gasteiger partial charge on any atom is 0.172 e. The molecule has 0 aliphatic carbocycles. The smallest absolute Gasteiger partial charge is 0.172 e. The number of hydrogen-bond acceptors (Lipinski definition) is 5. The summed E-state index contributed by atoms with van der Waals surface area (Å²) in [6.45, 7) is 3.23. The van der Waals surface area contributed by atoms with Crippen LogP contribution in [0.4, 0.5) is 4.39 Å². The zero-order valence-corrected chi connectivity index (χ0v) is 18.2. The molecular formula is C25H25FN4O2. The summed E-state index contributed by atoms with van der Waals surface area (Å²) in [6.07, 6.45) is 7.79. The van der Waals surface area contributed by atoms with Crippen molar-refractivity contribution in [1.82, 2.24) is 14.5 Å². The van der Waals surface area contributed by atoms with E-state index in [-0.39, 0.29) is 11.9 Å². The molecule has 0 N–H and O–H groups in total. The molecule has 0 bridgehead atoms. The van der Waals surface area contributed by atoms with E-state index in [1.807, 2.05) is 35.9 Å². The first-order valence-corrected chi connectivity index (χ1v) is 10.7. The maximum absolute atomic E-state index is 13.8. The highest BCUT2D eigenvalue weighted by molar-refractivity contribution is 6.03. The molecule has 1 aromatic heterocycles. The molecule has 7 heteroatoms. The van der Waals surface area contributed by atoms with Crippen molar-refractivity contribution >= 4 is 11.9 Å². The minimum absolute atomic E-state index is 0.0525. The highest BCUT2D eigenvalue weighted by Gasteiger charge is 2.33. The number of aromatic nitrogens is 2. The van der Waals surface area contributed by atoms with Gasteiger partial charge in [0.25, 0.3) is 0 Å². The molecule has 1 atom stereocenters. The summed E-state index contributed by atoms with van der Waals surface area (Å²) in [5.41, 5.74) is 4.91. The van der Waals surface area contributed by atoms with E-state index in [1.165, 1.54) is 6.07 Å². The van der Waals surface area contributed by atoms with Crippen LogP contribution in [0.3, 0.4) is 0 Å². The lowest BCUT2D eigenvalue weighted by atomic mass is 9.96. The Morgan fingerprint density at radius 3 is 2.91 bits per heavy atom. The fourth-order valence-electron chi connectivity index (χ4n) is 4.39. The van der Waals surface area contributed by atoms with Crippen LogP contribution in [-0.4, -0.2) is 40.5 Å². The maximum atomic E-state index is 13.8. The normalized spacial score (nSPS) is 19.3. The Hall–Kier alpha value is -3.61. The Labute approximate surface area is 186 Å². The van der Waals surface area contributed by atoms with Gasteiger partial charge in [0.05, 0.1) is 30.9 Å². The Morgan fingerprint density at radius 2 is 2.12 bits per heavy atom. The van der Waals surface area contributed by atoms with E-state index < -0.39 is 0 Å². The van der Waals surface area contributed by atoms with Crippen LogP contribution >= 0.6 is 0 Å². The number of fused-ring (bicyclic) bond motifs is 1. The van der Waals surface area contributed by atoms with Gasteiger partial charge in [0, 0.05) is 12.7 Å². The number of imidazole rings is 1. The number of amidine groups is 1. The Bertz CT molecular complexity index is 1200. The fourth-order valence-corrected chi connectivity index (χ4v) is 4.39. The fraction of sp³-hybridized carbons (Fsp3) is 0.280. The second kappa shape index (κ2) is 8.49. The van der Waals surface area contributed by atoms with Gasteiger partial charge in [0.1, 0.15) is 18.2 Å². The number of piperidine rings is 1. The lowest BCUT2D eigenvalue weighted by molar-refractivity contribution is 0.0574. The lowest BCUT2D eigenvalue weighted by Gasteiger charge is -2.40. The topological polar surface area (TPSA) is 51.9 Å². The minimum atomic E-state index is -0.236. The van der Waals surface area contributed by atoms with Crippen molar-refractivity contribution in [1.29, 1.82) is 0 Å². The third-order valence-electron chi connectivity index (χ3n) is 5.93. The molecule has 2 aromatic carbocycles. The van der Waals surface area contributed by atoms with E-state index in [0.717, 1.165) is 59.1 Å². The molecule has 2 aliphatic rings. The Balaban J connectivity index is 1.46. The summed E-state index contributed by atoms with van der Waals surface area (Å²) in [5.74, 6) is 1.36. The van der Waals surface area contributed by atoms with Crippen LogP contribution in [0.15, 0.2) is 65.7 Å². The van der Waals surface area contributed by atoms with Gasteiger partial charge in [-0.25, -0.2) is 9.37 Å². The van der Waals surface area contributed by atoms with Crippen LogP contribution in [0.25, 0.3) is 11.8 Å². The van der Waals surface area contributed by atoms with E-state index in [4.69, 9.17) is 9.57 Å². The van der Waals surface area contributed by atoms with E-state index >= 15 is 0 Å². The number of hydrogen-bond donors (Lipinski definition) is 0. The summed E-state index contributed by atoms with van der Waals surface area (Å²) in [5, 5.41) is 4.37. The largest absolute Gasteiger partial charge is 0.495 e. The number of halogens is 1. The third kappa shape index (κ3) is 3.86. The summed E-state index contributed by atoms with van der Waals surface area (Å²) < 4.78 is 21.4. The first kappa shape index (κ1) is 20.3. The van der Waals surface area contributed by atoms with Gasteiger partial charge in [-0.05, 0) is 66.8 Å². The first-order valence-electron chi connectivity index (χ1n) is 10.7. The summed E-state index contributed by atoms with van der Waals surface area (Å²) >= 11 is 0. The van der Waals surface area contributed by atoms with Gasteiger partial charge in [-0.1, -0.05) is 23.4 Å². The Kier molecular flexibility index (Phi) is 5.39. The highest BCUT2D eigenvalue weighted by atomic mass is 19.1. The van der Waals surface area contributed by atoms with Gasteiger partial charge in [-0.2, -0.15) is 0 Å². The number of ether oxygens (including phenoxy) is 1. The summed E-state index contributed by atoms with van der Waals surface area (Å²) in [7, 11) is 1.67. The van der Waals surface area contributed by atoms with Crippen LogP contribution < -0.4 is 4.74 Å². The Morgan fingerprint density at radius 1 is 1.22 bits per heavy atom. The van der Waals surface area contributed by atoms with Crippen molar-refractivity contribution in [2.45, 2.75) is 25.8 Å². The number of benzene rings is 2. The molecule has 6 nitrogen and oxygen atoms in total. The number of aryl methyl sites for hydroxylation is 1. The van der Waals surface area contributed by atoms with E-state index in [9.17, 15) is 4.39 Å². The van der Waals surface area contributed by atoms with E-state index in [1.54, 1.807) is 25.6 Å². The van der Waals surface area contributed by atoms with Gasteiger partial charge in [0.2, 0.25) is 0 Å². The molecule has 5 rings (SSSR count). The van der Waals surface area contributed by atoms with Gasteiger partial charge in [-0.3, -0.25) is 0 Å². The quantitative estimate of drug-likeness (QED) is 0.589. The van der Waals surface area contributed by atoms with Crippen molar-refractivity contribution < 1.29 is 14.0 Å². The molecule has 2 aliphatic heterocycles. The van der Waals surface area contributed by atoms with Crippen molar-refractivity contribution in [2.75, 3.05) is 20.3 Å². The zero-order valence-electron chi connectivity index (χ0n) is 18.2. The van der Waals surface area contributed by atoms with E-state index in [0.29, 0.717) is 6.61 Å². The van der Waals surface area contributed by atoms with Crippen molar-refractivity contribution in [3.8, 4) is 11.4 Å². The number of rotatable bonds is 4. The predicted octanol–water partition coefficient (Wildman–Crippen LogP) is 4.89. The molecule has 3 heterocycles.